The van der Waals surface area contributed by atoms with Gasteiger partial charge in [0.15, 0.2) is 0 Å². The Hall–Kier alpha value is -2.76. The Morgan fingerprint density at radius 3 is 2.42 bits per heavy atom. The average molecular weight is 372 g/mol. The number of rotatable bonds is 6. The molecule has 0 N–H and O–H groups in total. The Morgan fingerprint density at radius 1 is 1.08 bits per heavy atom. The summed E-state index contributed by atoms with van der Waals surface area (Å²) in [6, 6.07) is 10.2. The highest BCUT2D eigenvalue weighted by Gasteiger charge is 2.26. The molecule has 0 fully saturated rings. The minimum atomic E-state index is -0.534. The number of nitrogens with zero attached hydrogens (tertiary/aromatic N) is 2. The smallest absolute Gasteiger partial charge is 0.348 e. The predicted molar refractivity (Wildman–Crippen MR) is 101 cm³/mol. The number of esters is 2. The fourth-order valence-corrected chi connectivity index (χ4v) is 3.25. The molecule has 0 unspecified atom stereocenters. The van der Waals surface area contributed by atoms with Crippen LogP contribution < -0.4 is 0 Å². The summed E-state index contributed by atoms with van der Waals surface area (Å²) in [5, 5.41) is 0.320. The second-order valence-corrected chi connectivity index (χ2v) is 6.34. The highest BCUT2D eigenvalue weighted by molar-refractivity contribution is 7.18. The molecule has 0 amide bonds. The zero-order valence-electron chi connectivity index (χ0n) is 15.2. The maximum atomic E-state index is 12.3. The zero-order valence-corrected chi connectivity index (χ0v) is 16.0. The molecule has 2 rings (SSSR count). The summed E-state index contributed by atoms with van der Waals surface area (Å²) >= 11 is 1.06. The molecule has 7 heteroatoms. The van der Waals surface area contributed by atoms with Gasteiger partial charge in [-0.3, -0.25) is 0 Å². The number of aryl methyl sites for hydroxylation is 1. The molecule has 1 aromatic carbocycles. The number of hydrogen-bond acceptors (Lipinski definition) is 7. The van der Waals surface area contributed by atoms with Gasteiger partial charge in [0.05, 0.1) is 18.9 Å². The summed E-state index contributed by atoms with van der Waals surface area (Å²) < 4.78 is 10.1. The molecule has 0 spiro atoms. The monoisotopic (exact) mass is 372 g/mol. The molecule has 0 saturated heterocycles. The molecule has 0 atom stereocenters. The summed E-state index contributed by atoms with van der Waals surface area (Å²) in [6.45, 7) is 7.55. The number of aliphatic imine (C=N–C) groups is 2. The standard InChI is InChI=1S/C19H20N2O4S/c1-5-24-18(22)15-13(4)16(19(23)25-6-2)26-17(15)21-11-20-14-9-7-8-12(3)10-14/h7-10H,5-6H2,1-4H3. The van der Waals surface area contributed by atoms with Gasteiger partial charge in [0.1, 0.15) is 21.5 Å². The van der Waals surface area contributed by atoms with Crippen LogP contribution in [0.3, 0.4) is 0 Å². The highest BCUT2D eigenvalue weighted by Crippen LogP contribution is 2.36. The van der Waals surface area contributed by atoms with E-state index < -0.39 is 11.9 Å². The van der Waals surface area contributed by atoms with Crippen molar-refractivity contribution in [3.63, 3.8) is 0 Å². The number of benzene rings is 1. The van der Waals surface area contributed by atoms with Crippen molar-refractivity contribution in [2.75, 3.05) is 13.2 Å². The van der Waals surface area contributed by atoms with Crippen molar-refractivity contribution in [2.45, 2.75) is 27.7 Å². The molecule has 136 valence electrons. The Morgan fingerprint density at radius 2 is 1.77 bits per heavy atom. The van der Waals surface area contributed by atoms with E-state index in [0.29, 0.717) is 21.1 Å². The fraction of sp³-hybridized carbons (Fsp3) is 0.316. The minimum absolute atomic E-state index is 0.226. The second-order valence-electron chi connectivity index (χ2n) is 5.34. The molecule has 2 aromatic rings. The van der Waals surface area contributed by atoms with Gasteiger partial charge in [0.2, 0.25) is 0 Å². The van der Waals surface area contributed by atoms with Crippen molar-refractivity contribution in [1.82, 2.24) is 0 Å². The number of carbonyl (C=O) groups is 2. The lowest BCUT2D eigenvalue weighted by atomic mass is 10.1. The molecule has 1 heterocycles. The molecule has 0 saturated carbocycles. The van der Waals surface area contributed by atoms with E-state index in [2.05, 4.69) is 16.0 Å². The van der Waals surface area contributed by atoms with E-state index in [1.165, 1.54) is 0 Å². The summed E-state index contributed by atoms with van der Waals surface area (Å²) in [7, 11) is 0. The van der Waals surface area contributed by atoms with Crippen LogP contribution in [-0.4, -0.2) is 31.2 Å². The van der Waals surface area contributed by atoms with E-state index in [4.69, 9.17) is 9.47 Å². The summed E-state index contributed by atoms with van der Waals surface area (Å²) in [6.07, 6.45) is 0. The van der Waals surface area contributed by atoms with Gasteiger partial charge in [-0.25, -0.2) is 9.59 Å². The number of carbonyl (C=O) groups excluding carboxylic acids is 2. The first-order valence-corrected chi connectivity index (χ1v) is 9.00. The quantitative estimate of drug-likeness (QED) is 0.536. The minimum Gasteiger partial charge on any atom is -0.462 e. The van der Waals surface area contributed by atoms with Crippen molar-refractivity contribution < 1.29 is 19.1 Å². The fourth-order valence-electron chi connectivity index (χ4n) is 2.24. The van der Waals surface area contributed by atoms with E-state index >= 15 is 0 Å². The molecule has 1 aromatic heterocycles. The molecule has 0 aliphatic heterocycles. The molecular formula is C19H20N2O4S. The van der Waals surface area contributed by atoms with Crippen molar-refractivity contribution >= 4 is 40.0 Å². The van der Waals surface area contributed by atoms with E-state index in [-0.39, 0.29) is 18.8 Å². The predicted octanol–water partition coefficient (Wildman–Crippen LogP) is 4.86. The summed E-state index contributed by atoms with van der Waals surface area (Å²) in [5.41, 5.74) is 2.50. The maximum absolute atomic E-state index is 12.3. The first kappa shape index (κ1) is 19.6. The summed E-state index contributed by atoms with van der Waals surface area (Å²) in [4.78, 5) is 33.0. The van der Waals surface area contributed by atoms with Crippen molar-refractivity contribution in [1.29, 1.82) is 0 Å². The third-order valence-electron chi connectivity index (χ3n) is 3.40. The van der Waals surface area contributed by atoms with E-state index in [0.717, 1.165) is 16.9 Å². The Labute approximate surface area is 156 Å². The Balaban J connectivity index is 2.45. The summed E-state index contributed by atoms with van der Waals surface area (Å²) in [5.74, 6) is -1.02. The van der Waals surface area contributed by atoms with Crippen LogP contribution in [0, 0.1) is 13.8 Å². The molecule has 0 aliphatic carbocycles. The molecule has 0 radical (unpaired) electrons. The van der Waals surface area contributed by atoms with Crippen molar-refractivity contribution in [3.05, 3.63) is 45.8 Å². The molecule has 0 bridgehead atoms. The van der Waals surface area contributed by atoms with Gasteiger partial charge in [0, 0.05) is 0 Å². The van der Waals surface area contributed by atoms with Crippen LogP contribution in [0.2, 0.25) is 0 Å². The second kappa shape index (κ2) is 9.08. The van der Waals surface area contributed by atoms with Crippen LogP contribution in [0.1, 0.15) is 45.0 Å². The zero-order chi connectivity index (χ0) is 19.1. The Bertz CT molecular complexity index is 880. The highest BCUT2D eigenvalue weighted by atomic mass is 32.1. The number of ether oxygens (including phenoxy) is 2. The topological polar surface area (TPSA) is 77.3 Å². The Kier molecular flexibility index (Phi) is 6.83. The van der Waals surface area contributed by atoms with Gasteiger partial charge < -0.3 is 9.47 Å². The van der Waals surface area contributed by atoms with Gasteiger partial charge in [0.25, 0.3) is 0 Å². The third-order valence-corrected chi connectivity index (χ3v) is 4.57. The lowest BCUT2D eigenvalue weighted by Gasteiger charge is -2.02. The van der Waals surface area contributed by atoms with Gasteiger partial charge in [-0.15, -0.1) is 11.3 Å². The third kappa shape index (κ3) is 4.65. The SMILES string of the molecule is CCOC(=O)c1sc(N=C=Nc2cccc(C)c2)c(C(=O)OCC)c1C. The lowest BCUT2D eigenvalue weighted by molar-refractivity contribution is 0.0527. The number of hydrogen-bond donors (Lipinski definition) is 0. The lowest BCUT2D eigenvalue weighted by Crippen LogP contribution is -2.08. The molecule has 6 nitrogen and oxygen atoms in total. The van der Waals surface area contributed by atoms with Crippen LogP contribution in [0.4, 0.5) is 10.7 Å². The molecule has 26 heavy (non-hydrogen) atoms. The van der Waals surface area contributed by atoms with E-state index in [9.17, 15) is 9.59 Å². The van der Waals surface area contributed by atoms with Crippen LogP contribution in [0.5, 0.6) is 0 Å². The van der Waals surface area contributed by atoms with Crippen LogP contribution in [-0.2, 0) is 9.47 Å². The van der Waals surface area contributed by atoms with Gasteiger partial charge in [-0.1, -0.05) is 12.1 Å². The first-order chi connectivity index (χ1) is 12.5. The van der Waals surface area contributed by atoms with Crippen LogP contribution in [0.25, 0.3) is 0 Å². The first-order valence-electron chi connectivity index (χ1n) is 8.18. The average Bonchev–Trinajstić information content (AvgIpc) is 2.92. The largest absolute Gasteiger partial charge is 0.462 e. The van der Waals surface area contributed by atoms with E-state index in [1.807, 2.05) is 31.2 Å². The molecular weight excluding hydrogens is 352 g/mol. The van der Waals surface area contributed by atoms with Crippen molar-refractivity contribution in [2.24, 2.45) is 9.98 Å². The van der Waals surface area contributed by atoms with E-state index in [1.54, 1.807) is 20.8 Å². The normalized spacial score (nSPS) is 10.0. The van der Waals surface area contributed by atoms with Crippen molar-refractivity contribution in [3.8, 4) is 0 Å². The van der Waals surface area contributed by atoms with Gasteiger partial charge in [-0.05, 0) is 51.0 Å². The van der Waals surface area contributed by atoms with Gasteiger partial charge in [-0.2, -0.15) is 9.98 Å². The number of thiophene rings is 1. The van der Waals surface area contributed by atoms with Crippen LogP contribution >= 0.6 is 11.3 Å². The molecule has 0 aliphatic rings. The maximum Gasteiger partial charge on any atom is 0.348 e. The van der Waals surface area contributed by atoms with Crippen LogP contribution in [0.15, 0.2) is 34.3 Å². The van der Waals surface area contributed by atoms with Gasteiger partial charge >= 0.3 is 11.9 Å².